The van der Waals surface area contributed by atoms with E-state index in [1.54, 1.807) is 0 Å². The van der Waals surface area contributed by atoms with Crippen molar-refractivity contribution in [1.82, 2.24) is 0 Å². The molecule has 0 rings (SSSR count). The van der Waals surface area contributed by atoms with Crippen molar-refractivity contribution >= 4 is 45.4 Å². The summed E-state index contributed by atoms with van der Waals surface area (Å²) in [6.07, 6.45) is 0. The fraction of sp³-hybridized carbons (Fsp3) is 0. The molecule has 0 saturated heterocycles. The van der Waals surface area contributed by atoms with Crippen LogP contribution in [0.25, 0.3) is 0 Å². The summed E-state index contributed by atoms with van der Waals surface area (Å²) >= 11 is -12.4. The summed E-state index contributed by atoms with van der Waals surface area (Å²) in [5, 5.41) is 0. The van der Waals surface area contributed by atoms with Gasteiger partial charge in [-0.05, 0) is 0 Å². The molecule has 0 radical (unpaired) electrons. The van der Waals surface area contributed by atoms with Crippen LogP contribution in [0, 0.1) is 0 Å². The average molecular weight is 632 g/mol. The van der Waals surface area contributed by atoms with Crippen LogP contribution in [-0.2, 0) is 67.8 Å². The minimum atomic E-state index is -3.11. The van der Waals surface area contributed by atoms with Crippen molar-refractivity contribution in [2.75, 3.05) is 0 Å². The molecular formula is AuNa5O12S4. The molecule has 112 valence electrons. The molecule has 12 nitrogen and oxygen atoms in total. The van der Waals surface area contributed by atoms with Crippen molar-refractivity contribution in [2.45, 2.75) is 0 Å². The van der Waals surface area contributed by atoms with Gasteiger partial charge in [0.2, 0.25) is 0 Å². The Morgan fingerprint density at radius 3 is 0.364 bits per heavy atom. The van der Waals surface area contributed by atoms with Crippen LogP contribution in [-0.4, -0.2) is 53.3 Å². The van der Waals surface area contributed by atoms with E-state index in [-0.39, 0.29) is 170 Å². The molecule has 0 unspecified atom stereocenters. The van der Waals surface area contributed by atoms with E-state index < -0.39 is 45.4 Å². The maximum Gasteiger partial charge on any atom is 3.00 e. The molecule has 0 aromatic heterocycles. The zero-order chi connectivity index (χ0) is 14.3. The van der Waals surface area contributed by atoms with Crippen molar-refractivity contribution < 1.29 is 223 Å². The van der Waals surface area contributed by atoms with E-state index >= 15 is 0 Å². The molecule has 22 heavy (non-hydrogen) atoms. The van der Waals surface area contributed by atoms with Crippen LogP contribution in [0.1, 0.15) is 0 Å². The molecule has 0 aromatic carbocycles. The molecule has 0 amide bonds. The summed E-state index contributed by atoms with van der Waals surface area (Å²) in [4.78, 5) is 0. The van der Waals surface area contributed by atoms with Gasteiger partial charge in [-0.2, -0.15) is 0 Å². The van der Waals surface area contributed by atoms with Gasteiger partial charge in [0.15, 0.2) is 0 Å². The van der Waals surface area contributed by atoms with Crippen LogP contribution in [0.5, 0.6) is 0 Å². The Morgan fingerprint density at radius 1 is 0.364 bits per heavy atom. The summed E-state index contributed by atoms with van der Waals surface area (Å²) in [7, 11) is 0. The van der Waals surface area contributed by atoms with E-state index in [1.807, 2.05) is 0 Å². The third-order valence-corrected chi connectivity index (χ3v) is 0. The molecule has 0 aromatic rings. The van der Waals surface area contributed by atoms with Gasteiger partial charge in [-0.15, -0.1) is 45.4 Å². The number of hydrogen-bond acceptors (Lipinski definition) is 12. The molecule has 0 aliphatic rings. The van der Waals surface area contributed by atoms with Crippen molar-refractivity contribution in [3.05, 3.63) is 0 Å². The molecule has 0 aliphatic heterocycles. The van der Waals surface area contributed by atoms with Gasteiger partial charge in [-0.25, -0.2) is 0 Å². The van der Waals surface area contributed by atoms with E-state index in [0.29, 0.717) is 0 Å². The molecular weight excluding hydrogens is 632 g/mol. The molecule has 0 fully saturated rings. The van der Waals surface area contributed by atoms with E-state index in [0.717, 1.165) is 0 Å². The second-order valence-electron chi connectivity index (χ2n) is 0.816. The minimum Gasteiger partial charge on any atom is -0.784 e. The Balaban J connectivity index is -0.00000001000. The predicted octanol–water partition coefficient (Wildman–Crippen LogP) is -19.0. The van der Waals surface area contributed by atoms with Crippen molar-refractivity contribution in [3.63, 3.8) is 0 Å². The maximum atomic E-state index is 8.44. The van der Waals surface area contributed by atoms with E-state index in [9.17, 15) is 0 Å². The first kappa shape index (κ1) is 63.0. The van der Waals surface area contributed by atoms with Crippen molar-refractivity contribution in [2.24, 2.45) is 0 Å². The fourth-order valence-electron chi connectivity index (χ4n) is 0. The Kier molecular flexibility index (Phi) is 161. The fourth-order valence-corrected chi connectivity index (χ4v) is 0. The molecule has 22 heteroatoms. The van der Waals surface area contributed by atoms with Gasteiger partial charge < -0.3 is 36.4 Å². The van der Waals surface area contributed by atoms with Gasteiger partial charge in [-0.1, -0.05) is 0 Å². The Morgan fingerprint density at radius 2 is 0.364 bits per heavy atom. The van der Waals surface area contributed by atoms with Crippen molar-refractivity contribution in [1.29, 1.82) is 0 Å². The van der Waals surface area contributed by atoms with Gasteiger partial charge in [0.25, 0.3) is 0 Å². The van der Waals surface area contributed by atoms with Crippen LogP contribution in [0.3, 0.4) is 0 Å². The van der Waals surface area contributed by atoms with Gasteiger partial charge in [-0.3, -0.25) is 16.8 Å². The zero-order valence-electron chi connectivity index (χ0n) is 11.8. The normalized spacial score (nSPS) is 6.36. The number of hydrogen-bond donors (Lipinski definition) is 0. The van der Waals surface area contributed by atoms with E-state index in [1.165, 1.54) is 0 Å². The zero-order valence-corrected chi connectivity index (χ0v) is 27.3. The third kappa shape index (κ3) is 449. The monoisotopic (exact) mass is 632 g/mol. The summed E-state index contributed by atoms with van der Waals surface area (Å²) in [5.74, 6) is 0. The Bertz CT molecular complexity index is 176. The van der Waals surface area contributed by atoms with Crippen molar-refractivity contribution in [3.8, 4) is 0 Å². The second kappa shape index (κ2) is 56.3. The summed E-state index contributed by atoms with van der Waals surface area (Å²) in [5.41, 5.74) is 0. The molecule has 0 saturated carbocycles. The summed E-state index contributed by atoms with van der Waals surface area (Å²) in [6, 6.07) is 0. The first-order chi connectivity index (χ1) is 6.93. The van der Waals surface area contributed by atoms with Gasteiger partial charge >= 0.3 is 170 Å². The summed E-state index contributed by atoms with van der Waals surface area (Å²) < 4.78 is 101. The molecule has 0 aliphatic carbocycles. The maximum absolute atomic E-state index is 8.44. The molecule has 0 spiro atoms. The standard InChI is InChI=1S/Au.5Na.4H2O3S/c;;;;;;4*1-4(2)3/h;;;;;;4*(H2,1,2,3)/q+3;5*+1;;;;/p-8. The van der Waals surface area contributed by atoms with Gasteiger partial charge in [0.05, 0.1) is 0 Å². The van der Waals surface area contributed by atoms with E-state index in [2.05, 4.69) is 0 Å². The Hall–Kier alpha value is 6.02. The van der Waals surface area contributed by atoms with Crippen LogP contribution in [0.2, 0.25) is 0 Å². The molecule has 0 heterocycles. The molecule has 0 bridgehead atoms. The van der Waals surface area contributed by atoms with E-state index in [4.69, 9.17) is 53.3 Å². The first-order valence-corrected chi connectivity index (χ1v) is 6.00. The quantitative estimate of drug-likeness (QED) is 0.178. The molecule has 0 atom stereocenters. The predicted molar refractivity (Wildman–Crippen MR) is 38.8 cm³/mol. The second-order valence-corrected chi connectivity index (χ2v) is 2.45. The number of rotatable bonds is 0. The van der Waals surface area contributed by atoms with Gasteiger partial charge in [0, 0.05) is 0 Å². The average Bonchev–Trinajstić information content (AvgIpc) is 1.76. The minimum absolute atomic E-state index is 0. The smallest absolute Gasteiger partial charge is 0.784 e. The van der Waals surface area contributed by atoms with Crippen LogP contribution in [0.4, 0.5) is 0 Å². The van der Waals surface area contributed by atoms with Crippen LogP contribution in [0.15, 0.2) is 0 Å². The summed E-state index contributed by atoms with van der Waals surface area (Å²) in [6.45, 7) is 0. The van der Waals surface area contributed by atoms with Gasteiger partial charge in [0.1, 0.15) is 0 Å². The Labute approximate surface area is 263 Å². The SMILES string of the molecule is O=S([O-])[O-].O=S([O-])[O-].O=S([O-])[O-].O=S([O-])[O-].[Au+3].[Na+].[Na+].[Na+].[Na+].[Na+]. The third-order valence-electron chi connectivity index (χ3n) is 0. The first-order valence-electron chi connectivity index (χ1n) is 2.00. The van der Waals surface area contributed by atoms with Crippen LogP contribution < -0.4 is 148 Å². The largest absolute Gasteiger partial charge is 3.00 e. The van der Waals surface area contributed by atoms with Crippen LogP contribution >= 0.6 is 0 Å². The molecule has 0 N–H and O–H groups in total. The topological polar surface area (TPSA) is 253 Å².